The predicted molar refractivity (Wildman–Crippen MR) is 51.8 cm³/mol. The molecule has 1 saturated heterocycles. The van der Waals surface area contributed by atoms with E-state index in [-0.39, 0.29) is 24.7 Å². The van der Waals surface area contributed by atoms with Gasteiger partial charge in [-0.15, -0.1) is 0 Å². The van der Waals surface area contributed by atoms with Gasteiger partial charge in [0.25, 0.3) is 0 Å². The molecule has 14 heavy (non-hydrogen) atoms. The lowest BCUT2D eigenvalue weighted by molar-refractivity contribution is -0.157. The van der Waals surface area contributed by atoms with Crippen molar-refractivity contribution in [2.45, 2.75) is 51.8 Å². The van der Waals surface area contributed by atoms with Gasteiger partial charge in [-0.2, -0.15) is 0 Å². The molecular weight excluding hydrogens is 184 g/mol. The fourth-order valence-electron chi connectivity index (χ4n) is 1.73. The van der Waals surface area contributed by atoms with E-state index < -0.39 is 11.9 Å². The Kier molecular flexibility index (Phi) is 3.53. The van der Waals surface area contributed by atoms with Crippen LogP contribution in [0.1, 0.15) is 27.7 Å². The Morgan fingerprint density at radius 2 is 1.71 bits per heavy atom. The first-order chi connectivity index (χ1) is 6.37. The van der Waals surface area contributed by atoms with Crippen LogP contribution in [0.25, 0.3) is 0 Å². The van der Waals surface area contributed by atoms with Crippen LogP contribution in [0.15, 0.2) is 0 Å². The number of ether oxygens (including phenoxy) is 2. The third-order valence-corrected chi connectivity index (χ3v) is 2.49. The lowest BCUT2D eigenvalue weighted by Crippen LogP contribution is -2.38. The van der Waals surface area contributed by atoms with Crippen molar-refractivity contribution in [3.8, 4) is 0 Å². The first-order valence-corrected chi connectivity index (χ1v) is 5.02. The van der Waals surface area contributed by atoms with Gasteiger partial charge in [-0.3, -0.25) is 0 Å². The van der Waals surface area contributed by atoms with Gasteiger partial charge in [-0.05, 0) is 20.8 Å². The number of hydrogen-bond donors (Lipinski definition) is 2. The Morgan fingerprint density at radius 3 is 2.14 bits per heavy atom. The first kappa shape index (κ1) is 11.9. The second kappa shape index (κ2) is 4.14. The zero-order valence-electron chi connectivity index (χ0n) is 9.23. The summed E-state index contributed by atoms with van der Waals surface area (Å²) in [5.74, 6) is -0.702. The molecule has 4 nitrogen and oxygen atoms in total. The van der Waals surface area contributed by atoms with Crippen LogP contribution < -0.4 is 0 Å². The van der Waals surface area contributed by atoms with Crippen molar-refractivity contribution in [1.29, 1.82) is 0 Å². The minimum Gasteiger partial charge on any atom is -0.396 e. The van der Waals surface area contributed by atoms with Crippen LogP contribution in [0.4, 0.5) is 0 Å². The van der Waals surface area contributed by atoms with Crippen molar-refractivity contribution in [2.24, 2.45) is 5.92 Å². The van der Waals surface area contributed by atoms with Crippen LogP contribution >= 0.6 is 0 Å². The average Bonchev–Trinajstić information content (AvgIpc) is 2.40. The smallest absolute Gasteiger partial charge is 0.163 e. The topological polar surface area (TPSA) is 58.9 Å². The maximum Gasteiger partial charge on any atom is 0.163 e. The highest BCUT2D eigenvalue weighted by Gasteiger charge is 2.45. The summed E-state index contributed by atoms with van der Waals surface area (Å²) in [5.41, 5.74) is 0. The summed E-state index contributed by atoms with van der Waals surface area (Å²) in [4.78, 5) is 0. The largest absolute Gasteiger partial charge is 0.396 e. The fraction of sp³-hybridized carbons (Fsp3) is 1.00. The molecule has 1 rings (SSSR count). The van der Waals surface area contributed by atoms with E-state index in [4.69, 9.17) is 14.6 Å². The summed E-state index contributed by atoms with van der Waals surface area (Å²) >= 11 is 0. The maximum atomic E-state index is 9.51. The lowest BCUT2D eigenvalue weighted by Gasteiger charge is -2.23. The van der Waals surface area contributed by atoms with Crippen LogP contribution in [-0.4, -0.2) is 40.9 Å². The third-order valence-electron chi connectivity index (χ3n) is 2.49. The number of aliphatic hydroxyl groups excluding tert-OH is 2. The monoisotopic (exact) mass is 204 g/mol. The van der Waals surface area contributed by atoms with Crippen molar-refractivity contribution in [2.75, 3.05) is 6.61 Å². The molecule has 0 aromatic heterocycles. The van der Waals surface area contributed by atoms with E-state index in [2.05, 4.69) is 0 Å². The number of rotatable bonds is 3. The molecule has 1 aliphatic rings. The molecule has 0 radical (unpaired) electrons. The molecule has 1 fully saturated rings. The van der Waals surface area contributed by atoms with Crippen LogP contribution in [-0.2, 0) is 9.47 Å². The molecule has 0 aromatic rings. The zero-order valence-corrected chi connectivity index (χ0v) is 9.23. The zero-order chi connectivity index (χ0) is 10.9. The van der Waals surface area contributed by atoms with Gasteiger partial charge in [0, 0.05) is 12.5 Å². The first-order valence-electron chi connectivity index (χ1n) is 5.02. The van der Waals surface area contributed by atoms with Gasteiger partial charge in [-0.25, -0.2) is 0 Å². The summed E-state index contributed by atoms with van der Waals surface area (Å²) in [6.07, 6.45) is -1.18. The molecule has 0 aromatic carbocycles. The van der Waals surface area contributed by atoms with Gasteiger partial charge in [0.1, 0.15) is 6.10 Å². The standard InChI is InChI=1S/C10H20O4/c1-6(5-11)8-9(7(2)12)14-10(3,4)13-8/h6-9,11-12H,5H2,1-4H3/t6-,7+,8?,9+/m0/s1. The average molecular weight is 204 g/mol. The molecule has 0 amide bonds. The van der Waals surface area contributed by atoms with Crippen molar-refractivity contribution < 1.29 is 19.7 Å². The van der Waals surface area contributed by atoms with E-state index in [0.717, 1.165) is 0 Å². The van der Waals surface area contributed by atoms with Gasteiger partial charge in [0.15, 0.2) is 5.79 Å². The second-order valence-electron chi connectivity index (χ2n) is 4.47. The van der Waals surface area contributed by atoms with Crippen LogP contribution in [0.2, 0.25) is 0 Å². The van der Waals surface area contributed by atoms with Gasteiger partial charge >= 0.3 is 0 Å². The Balaban J connectivity index is 2.72. The molecule has 4 heteroatoms. The quantitative estimate of drug-likeness (QED) is 0.703. The molecule has 0 aliphatic carbocycles. The van der Waals surface area contributed by atoms with E-state index in [0.29, 0.717) is 0 Å². The molecule has 1 aliphatic heterocycles. The number of aliphatic hydroxyl groups is 2. The normalized spacial score (nSPS) is 35.6. The van der Waals surface area contributed by atoms with E-state index >= 15 is 0 Å². The fourth-order valence-corrected chi connectivity index (χ4v) is 1.73. The highest BCUT2D eigenvalue weighted by Crippen LogP contribution is 2.33. The van der Waals surface area contributed by atoms with E-state index in [1.54, 1.807) is 6.92 Å². The molecule has 0 saturated carbocycles. The molecule has 84 valence electrons. The van der Waals surface area contributed by atoms with Crippen molar-refractivity contribution in [3.63, 3.8) is 0 Å². The third kappa shape index (κ3) is 2.45. The van der Waals surface area contributed by atoms with Crippen molar-refractivity contribution in [1.82, 2.24) is 0 Å². The van der Waals surface area contributed by atoms with E-state index in [9.17, 15) is 5.11 Å². The van der Waals surface area contributed by atoms with Crippen molar-refractivity contribution >= 4 is 0 Å². The molecule has 0 bridgehead atoms. The summed E-state index contributed by atoms with van der Waals surface area (Å²) in [6.45, 7) is 7.21. The minimum absolute atomic E-state index is 0.0311. The Labute approximate surface area is 84.8 Å². The minimum atomic E-state index is -0.671. The summed E-state index contributed by atoms with van der Waals surface area (Å²) in [7, 11) is 0. The van der Waals surface area contributed by atoms with Crippen LogP contribution in [0, 0.1) is 5.92 Å². The molecule has 1 heterocycles. The summed E-state index contributed by atoms with van der Waals surface area (Å²) in [6, 6.07) is 0. The molecule has 0 spiro atoms. The molecule has 4 atom stereocenters. The Bertz CT molecular complexity index is 191. The maximum absolute atomic E-state index is 9.51. The lowest BCUT2D eigenvalue weighted by atomic mass is 9.98. The van der Waals surface area contributed by atoms with Gasteiger partial charge in [0.05, 0.1) is 12.2 Å². The SMILES string of the molecule is C[C@@H](CO)C1OC(C)(C)O[C@@H]1[C@@H](C)O. The van der Waals surface area contributed by atoms with Crippen LogP contribution in [0.5, 0.6) is 0 Å². The van der Waals surface area contributed by atoms with Gasteiger partial charge in [0.2, 0.25) is 0 Å². The molecule has 2 N–H and O–H groups in total. The number of hydrogen-bond acceptors (Lipinski definition) is 4. The summed E-state index contributed by atoms with van der Waals surface area (Å²) in [5, 5.41) is 18.6. The highest BCUT2D eigenvalue weighted by molar-refractivity contribution is 4.87. The highest BCUT2D eigenvalue weighted by atomic mass is 16.8. The van der Waals surface area contributed by atoms with E-state index in [1.165, 1.54) is 0 Å². The van der Waals surface area contributed by atoms with Gasteiger partial charge in [-0.1, -0.05) is 6.92 Å². The van der Waals surface area contributed by atoms with Gasteiger partial charge < -0.3 is 19.7 Å². The summed E-state index contributed by atoms with van der Waals surface area (Å²) < 4.78 is 11.2. The second-order valence-corrected chi connectivity index (χ2v) is 4.47. The van der Waals surface area contributed by atoms with Crippen molar-refractivity contribution in [3.05, 3.63) is 0 Å². The molecule has 1 unspecified atom stereocenters. The predicted octanol–water partition coefficient (Wildman–Crippen LogP) is 0.516. The Morgan fingerprint density at radius 1 is 1.21 bits per heavy atom. The van der Waals surface area contributed by atoms with E-state index in [1.807, 2.05) is 20.8 Å². The Hall–Kier alpha value is -0.160. The molecular formula is C10H20O4. The van der Waals surface area contributed by atoms with Crippen LogP contribution in [0.3, 0.4) is 0 Å².